The van der Waals surface area contributed by atoms with Crippen molar-refractivity contribution < 1.29 is 22.7 Å². The van der Waals surface area contributed by atoms with E-state index < -0.39 is 27.5 Å². The molecule has 2 aromatic rings. The molecule has 0 heterocycles. The fourth-order valence-electron chi connectivity index (χ4n) is 3.10. The molecule has 0 saturated carbocycles. The standard InChI is InChI=1S/C23H31N3O5S/c1-7-31-18-14-12-17(13-15-18)26(32(6,29)30)16(2)21(27)24-20-11-9-8-10-19(20)22(28)25-23(3,4)5/h8-16H,7H2,1-6H3,(H,24,27)(H,25,28)/t16-/m1/s1. The second-order valence-electron chi connectivity index (χ2n) is 8.40. The number of ether oxygens (including phenoxy) is 1. The number of rotatable bonds is 8. The van der Waals surface area contributed by atoms with E-state index >= 15 is 0 Å². The van der Waals surface area contributed by atoms with Gasteiger partial charge in [0.15, 0.2) is 0 Å². The first-order valence-corrected chi connectivity index (χ1v) is 12.1. The second kappa shape index (κ2) is 10.0. The van der Waals surface area contributed by atoms with Gasteiger partial charge in [-0.25, -0.2) is 8.42 Å². The van der Waals surface area contributed by atoms with Crippen LogP contribution >= 0.6 is 0 Å². The molecule has 0 unspecified atom stereocenters. The minimum Gasteiger partial charge on any atom is -0.494 e. The van der Waals surface area contributed by atoms with Crippen molar-refractivity contribution in [3.05, 3.63) is 54.1 Å². The summed E-state index contributed by atoms with van der Waals surface area (Å²) in [6.45, 7) is 9.39. The van der Waals surface area contributed by atoms with Crippen LogP contribution in [0.2, 0.25) is 0 Å². The zero-order chi connectivity index (χ0) is 24.1. The Bertz CT molecular complexity index is 1060. The van der Waals surface area contributed by atoms with Crippen LogP contribution in [-0.2, 0) is 14.8 Å². The maximum atomic E-state index is 13.0. The Hall–Kier alpha value is -3.07. The van der Waals surface area contributed by atoms with Gasteiger partial charge in [-0.05, 0) is 71.0 Å². The molecule has 0 fully saturated rings. The van der Waals surface area contributed by atoms with E-state index in [1.165, 1.54) is 6.92 Å². The summed E-state index contributed by atoms with van der Waals surface area (Å²) < 4.78 is 31.5. The summed E-state index contributed by atoms with van der Waals surface area (Å²) in [6, 6.07) is 12.0. The largest absolute Gasteiger partial charge is 0.494 e. The molecule has 174 valence electrons. The number of amides is 2. The molecular weight excluding hydrogens is 430 g/mol. The molecule has 0 spiro atoms. The van der Waals surface area contributed by atoms with Crippen LogP contribution in [0.5, 0.6) is 5.75 Å². The average Bonchev–Trinajstić information content (AvgIpc) is 2.67. The Morgan fingerprint density at radius 2 is 1.66 bits per heavy atom. The first kappa shape index (κ1) is 25.2. The lowest BCUT2D eigenvalue weighted by molar-refractivity contribution is -0.116. The number of hydrogen-bond donors (Lipinski definition) is 2. The van der Waals surface area contributed by atoms with Crippen molar-refractivity contribution in [1.82, 2.24) is 5.32 Å². The van der Waals surface area contributed by atoms with E-state index in [1.807, 2.05) is 27.7 Å². The summed E-state index contributed by atoms with van der Waals surface area (Å²) >= 11 is 0. The number of carbonyl (C=O) groups excluding carboxylic acids is 2. The molecule has 2 aromatic carbocycles. The van der Waals surface area contributed by atoms with Crippen molar-refractivity contribution in [3.8, 4) is 5.75 Å². The Balaban J connectivity index is 2.31. The fraction of sp³-hybridized carbons (Fsp3) is 0.391. The number of para-hydroxylation sites is 1. The van der Waals surface area contributed by atoms with Crippen molar-refractivity contribution in [2.45, 2.75) is 46.2 Å². The van der Waals surface area contributed by atoms with Crippen LogP contribution in [0.4, 0.5) is 11.4 Å². The molecule has 32 heavy (non-hydrogen) atoms. The smallest absolute Gasteiger partial charge is 0.253 e. The van der Waals surface area contributed by atoms with Crippen molar-refractivity contribution in [1.29, 1.82) is 0 Å². The van der Waals surface area contributed by atoms with Gasteiger partial charge in [-0.1, -0.05) is 12.1 Å². The summed E-state index contributed by atoms with van der Waals surface area (Å²) in [7, 11) is -3.78. The van der Waals surface area contributed by atoms with Gasteiger partial charge < -0.3 is 15.4 Å². The molecule has 9 heteroatoms. The predicted molar refractivity (Wildman–Crippen MR) is 127 cm³/mol. The third-order valence-corrected chi connectivity index (χ3v) is 5.65. The van der Waals surface area contributed by atoms with E-state index in [9.17, 15) is 18.0 Å². The SMILES string of the molecule is CCOc1ccc(N([C@H](C)C(=O)Nc2ccccc2C(=O)NC(C)(C)C)S(C)(=O)=O)cc1. The van der Waals surface area contributed by atoms with E-state index in [-0.39, 0.29) is 11.5 Å². The number of hydrogen-bond acceptors (Lipinski definition) is 5. The maximum absolute atomic E-state index is 13.0. The van der Waals surface area contributed by atoms with E-state index in [1.54, 1.807) is 48.5 Å². The number of nitrogens with zero attached hydrogens (tertiary/aromatic N) is 1. The Morgan fingerprint density at radius 1 is 1.06 bits per heavy atom. The quantitative estimate of drug-likeness (QED) is 0.627. The highest BCUT2D eigenvalue weighted by Crippen LogP contribution is 2.25. The van der Waals surface area contributed by atoms with Crippen LogP contribution in [0.25, 0.3) is 0 Å². The van der Waals surface area contributed by atoms with Crippen molar-refractivity contribution >= 4 is 33.2 Å². The zero-order valence-corrected chi connectivity index (χ0v) is 20.1. The van der Waals surface area contributed by atoms with Crippen molar-refractivity contribution in [3.63, 3.8) is 0 Å². The molecule has 8 nitrogen and oxygen atoms in total. The van der Waals surface area contributed by atoms with Gasteiger partial charge >= 0.3 is 0 Å². The van der Waals surface area contributed by atoms with Crippen LogP contribution in [0.3, 0.4) is 0 Å². The zero-order valence-electron chi connectivity index (χ0n) is 19.3. The second-order valence-corrected chi connectivity index (χ2v) is 10.3. The highest BCUT2D eigenvalue weighted by atomic mass is 32.2. The van der Waals surface area contributed by atoms with Crippen LogP contribution < -0.4 is 19.7 Å². The molecule has 0 aromatic heterocycles. The molecule has 2 rings (SSSR count). The van der Waals surface area contributed by atoms with Gasteiger partial charge in [0.2, 0.25) is 15.9 Å². The van der Waals surface area contributed by atoms with Crippen LogP contribution in [0.1, 0.15) is 45.0 Å². The van der Waals surface area contributed by atoms with E-state index in [0.717, 1.165) is 10.6 Å². The van der Waals surface area contributed by atoms with Crippen molar-refractivity contribution in [2.24, 2.45) is 0 Å². The number of benzene rings is 2. The van der Waals surface area contributed by atoms with Crippen LogP contribution in [0.15, 0.2) is 48.5 Å². The normalized spacial score (nSPS) is 12.6. The monoisotopic (exact) mass is 461 g/mol. The molecule has 0 aliphatic carbocycles. The maximum Gasteiger partial charge on any atom is 0.253 e. The summed E-state index contributed by atoms with van der Waals surface area (Å²) in [5.41, 5.74) is 0.459. The first-order valence-electron chi connectivity index (χ1n) is 10.3. The van der Waals surface area contributed by atoms with E-state index in [2.05, 4.69) is 10.6 Å². The van der Waals surface area contributed by atoms with Gasteiger partial charge in [0, 0.05) is 5.54 Å². The van der Waals surface area contributed by atoms with Gasteiger partial charge in [0.25, 0.3) is 5.91 Å². The molecule has 2 amide bonds. The van der Waals surface area contributed by atoms with E-state index in [4.69, 9.17) is 4.74 Å². The molecule has 0 saturated heterocycles. The van der Waals surface area contributed by atoms with Gasteiger partial charge in [-0.3, -0.25) is 13.9 Å². The number of carbonyl (C=O) groups is 2. The lowest BCUT2D eigenvalue weighted by Gasteiger charge is -2.28. The van der Waals surface area contributed by atoms with Crippen LogP contribution in [0, 0.1) is 0 Å². The first-order chi connectivity index (χ1) is 14.8. The molecule has 0 aliphatic heterocycles. The average molecular weight is 462 g/mol. The van der Waals surface area contributed by atoms with Crippen molar-refractivity contribution in [2.75, 3.05) is 22.5 Å². The van der Waals surface area contributed by atoms with Gasteiger partial charge in [0.05, 0.1) is 29.8 Å². The number of anilines is 2. The summed E-state index contributed by atoms with van der Waals surface area (Å²) in [6.07, 6.45) is 1.04. The molecule has 0 aliphatic rings. The molecular formula is C23H31N3O5S. The summed E-state index contributed by atoms with van der Waals surface area (Å²) in [4.78, 5) is 25.7. The van der Waals surface area contributed by atoms with Crippen LogP contribution in [-0.4, -0.2) is 44.7 Å². The third kappa shape index (κ3) is 6.71. The molecule has 0 radical (unpaired) electrons. The minimum absolute atomic E-state index is 0.287. The minimum atomic E-state index is -3.78. The number of nitrogens with one attached hydrogen (secondary N) is 2. The number of sulfonamides is 1. The molecule has 1 atom stereocenters. The Morgan fingerprint density at radius 3 is 2.19 bits per heavy atom. The Kier molecular flexibility index (Phi) is 7.90. The van der Waals surface area contributed by atoms with E-state index in [0.29, 0.717) is 23.7 Å². The highest BCUT2D eigenvalue weighted by Gasteiger charge is 2.30. The lowest BCUT2D eigenvalue weighted by Crippen LogP contribution is -2.45. The molecule has 2 N–H and O–H groups in total. The third-order valence-electron chi connectivity index (χ3n) is 4.41. The topological polar surface area (TPSA) is 105 Å². The van der Waals surface area contributed by atoms with Gasteiger partial charge in [-0.2, -0.15) is 0 Å². The summed E-state index contributed by atoms with van der Waals surface area (Å²) in [5.74, 6) is -0.312. The fourth-order valence-corrected chi connectivity index (χ4v) is 4.27. The predicted octanol–water partition coefficient (Wildman–Crippen LogP) is 3.41. The van der Waals surface area contributed by atoms with Gasteiger partial charge in [0.1, 0.15) is 11.8 Å². The van der Waals surface area contributed by atoms with Gasteiger partial charge in [-0.15, -0.1) is 0 Å². The molecule has 0 bridgehead atoms. The lowest BCUT2D eigenvalue weighted by atomic mass is 10.1. The highest BCUT2D eigenvalue weighted by molar-refractivity contribution is 7.92. The summed E-state index contributed by atoms with van der Waals surface area (Å²) in [5, 5.41) is 5.56. The Labute approximate surface area is 190 Å².